The summed E-state index contributed by atoms with van der Waals surface area (Å²) in [7, 11) is 0. The molecule has 0 unspecified atom stereocenters. The second kappa shape index (κ2) is 5.07. The van der Waals surface area contributed by atoms with E-state index >= 15 is 0 Å². The molecule has 4 heteroatoms. The van der Waals surface area contributed by atoms with Gasteiger partial charge in [-0.25, -0.2) is 0 Å². The van der Waals surface area contributed by atoms with E-state index in [1.54, 1.807) is 0 Å². The van der Waals surface area contributed by atoms with Crippen LogP contribution in [0.4, 0.5) is 0 Å². The number of likely N-dealkylation sites (tertiary alicyclic amines) is 1. The van der Waals surface area contributed by atoms with Gasteiger partial charge in [0.1, 0.15) is 0 Å². The largest absolute Gasteiger partial charge is 0.381 e. The van der Waals surface area contributed by atoms with Gasteiger partial charge in [0.25, 0.3) is 0 Å². The van der Waals surface area contributed by atoms with Crippen LogP contribution >= 0.6 is 0 Å². The maximum Gasteiger partial charge on any atom is 0.188 e. The lowest BCUT2D eigenvalue weighted by Crippen LogP contribution is -2.44. The van der Waals surface area contributed by atoms with Crippen LogP contribution in [0.1, 0.15) is 19.8 Å². The van der Waals surface area contributed by atoms with Crippen LogP contribution in [0, 0.1) is 11.3 Å². The molecule has 0 radical (unpaired) electrons. The number of ether oxygens (including phenoxy) is 1. The van der Waals surface area contributed by atoms with Gasteiger partial charge in [0.2, 0.25) is 0 Å². The van der Waals surface area contributed by atoms with Crippen molar-refractivity contribution in [1.82, 2.24) is 4.90 Å². The van der Waals surface area contributed by atoms with Gasteiger partial charge in [0, 0.05) is 19.7 Å². The number of hydrogen-bond donors (Lipinski definition) is 2. The predicted molar refractivity (Wildman–Crippen MR) is 52.7 cm³/mol. The van der Waals surface area contributed by atoms with Crippen molar-refractivity contribution in [2.45, 2.75) is 19.8 Å². The van der Waals surface area contributed by atoms with Crippen molar-refractivity contribution in [3.05, 3.63) is 0 Å². The normalized spacial score (nSPS) is 23.2. The minimum Gasteiger partial charge on any atom is -0.381 e. The van der Waals surface area contributed by atoms with Crippen LogP contribution in [0.2, 0.25) is 0 Å². The molecule has 1 atom stereocenters. The molecular formula is C9H19N3O. The summed E-state index contributed by atoms with van der Waals surface area (Å²) in [5, 5.41) is 7.32. The molecule has 1 heterocycles. The molecule has 0 amide bonds. The number of nitrogens with one attached hydrogen (secondary N) is 1. The standard InChI is InChI=1S/C9H19N3O/c1-2-13-7-8-4-3-5-12(6-8)9(10)11/h8H,2-7H2,1H3,(H3,10,11)/t8-/m1/s1. The number of rotatable bonds is 3. The summed E-state index contributed by atoms with van der Waals surface area (Å²) < 4.78 is 5.36. The van der Waals surface area contributed by atoms with Crippen molar-refractivity contribution >= 4 is 5.96 Å². The second-order valence-electron chi connectivity index (χ2n) is 3.50. The van der Waals surface area contributed by atoms with E-state index < -0.39 is 0 Å². The first-order valence-corrected chi connectivity index (χ1v) is 4.90. The van der Waals surface area contributed by atoms with Crippen molar-refractivity contribution < 1.29 is 4.74 Å². The van der Waals surface area contributed by atoms with Crippen LogP contribution < -0.4 is 5.73 Å². The lowest BCUT2D eigenvalue weighted by molar-refractivity contribution is 0.0837. The highest BCUT2D eigenvalue weighted by Crippen LogP contribution is 2.15. The highest BCUT2D eigenvalue weighted by molar-refractivity contribution is 5.74. The van der Waals surface area contributed by atoms with Gasteiger partial charge in [-0.3, -0.25) is 5.41 Å². The fraction of sp³-hybridized carbons (Fsp3) is 0.889. The molecule has 0 aromatic rings. The third kappa shape index (κ3) is 3.22. The van der Waals surface area contributed by atoms with Gasteiger partial charge >= 0.3 is 0 Å². The fourth-order valence-corrected chi connectivity index (χ4v) is 1.70. The summed E-state index contributed by atoms with van der Waals surface area (Å²) in [4.78, 5) is 1.92. The summed E-state index contributed by atoms with van der Waals surface area (Å²) in [6.45, 7) is 5.40. The Labute approximate surface area is 79.6 Å². The summed E-state index contributed by atoms with van der Waals surface area (Å²) in [5.41, 5.74) is 5.43. The van der Waals surface area contributed by atoms with E-state index in [1.807, 2.05) is 11.8 Å². The van der Waals surface area contributed by atoms with Crippen LogP contribution in [0.15, 0.2) is 0 Å². The van der Waals surface area contributed by atoms with E-state index in [0.717, 1.165) is 32.7 Å². The molecule has 13 heavy (non-hydrogen) atoms. The van der Waals surface area contributed by atoms with E-state index in [4.69, 9.17) is 15.9 Å². The maximum atomic E-state index is 7.32. The monoisotopic (exact) mass is 185 g/mol. The Kier molecular flexibility index (Phi) is 4.02. The van der Waals surface area contributed by atoms with Crippen LogP contribution in [0.5, 0.6) is 0 Å². The van der Waals surface area contributed by atoms with Gasteiger partial charge in [0.15, 0.2) is 5.96 Å². The average Bonchev–Trinajstić information content (AvgIpc) is 2.15. The lowest BCUT2D eigenvalue weighted by Gasteiger charge is -2.32. The first kappa shape index (κ1) is 10.3. The topological polar surface area (TPSA) is 62.3 Å². The van der Waals surface area contributed by atoms with E-state index in [1.165, 1.54) is 6.42 Å². The molecule has 3 N–H and O–H groups in total. The predicted octanol–water partition coefficient (Wildman–Crippen LogP) is 0.628. The molecule has 0 spiro atoms. The van der Waals surface area contributed by atoms with Crippen molar-refractivity contribution in [3.63, 3.8) is 0 Å². The highest BCUT2D eigenvalue weighted by Gasteiger charge is 2.20. The Morgan fingerprint density at radius 2 is 2.46 bits per heavy atom. The number of nitrogens with zero attached hydrogens (tertiary/aromatic N) is 1. The molecule has 1 aliphatic rings. The van der Waals surface area contributed by atoms with Crippen molar-refractivity contribution in [2.75, 3.05) is 26.3 Å². The molecule has 1 rings (SSSR count). The first-order chi connectivity index (χ1) is 6.24. The summed E-state index contributed by atoms with van der Waals surface area (Å²) in [5.74, 6) is 0.749. The molecule has 1 fully saturated rings. The molecular weight excluding hydrogens is 166 g/mol. The molecule has 0 bridgehead atoms. The summed E-state index contributed by atoms with van der Waals surface area (Å²) in [6, 6.07) is 0. The SMILES string of the molecule is CCOC[C@@H]1CCCN(C(=N)N)C1. The zero-order valence-corrected chi connectivity index (χ0v) is 8.25. The number of guanidine groups is 1. The van der Waals surface area contributed by atoms with Crippen LogP contribution in [-0.2, 0) is 4.74 Å². The zero-order valence-electron chi connectivity index (χ0n) is 8.25. The molecule has 0 aromatic carbocycles. The number of piperidine rings is 1. The minimum atomic E-state index is 0.196. The maximum absolute atomic E-state index is 7.32. The van der Waals surface area contributed by atoms with Crippen molar-refractivity contribution in [1.29, 1.82) is 5.41 Å². The van der Waals surface area contributed by atoms with Crippen LogP contribution in [-0.4, -0.2) is 37.2 Å². The Morgan fingerprint density at radius 3 is 3.08 bits per heavy atom. The molecule has 0 aliphatic carbocycles. The summed E-state index contributed by atoms with van der Waals surface area (Å²) >= 11 is 0. The quantitative estimate of drug-likeness (QED) is 0.500. The smallest absolute Gasteiger partial charge is 0.188 e. The Hall–Kier alpha value is -0.770. The molecule has 1 aliphatic heterocycles. The van der Waals surface area contributed by atoms with Gasteiger partial charge in [-0.05, 0) is 25.7 Å². The van der Waals surface area contributed by atoms with Crippen molar-refractivity contribution in [2.24, 2.45) is 11.7 Å². The Morgan fingerprint density at radius 1 is 1.69 bits per heavy atom. The third-order valence-corrected chi connectivity index (χ3v) is 2.42. The molecule has 4 nitrogen and oxygen atoms in total. The number of hydrogen-bond acceptors (Lipinski definition) is 2. The first-order valence-electron chi connectivity index (χ1n) is 4.90. The van der Waals surface area contributed by atoms with Crippen LogP contribution in [0.3, 0.4) is 0 Å². The summed E-state index contributed by atoms with van der Waals surface area (Å²) in [6.07, 6.45) is 2.32. The van der Waals surface area contributed by atoms with Gasteiger partial charge in [-0.1, -0.05) is 0 Å². The zero-order chi connectivity index (χ0) is 9.68. The lowest BCUT2D eigenvalue weighted by atomic mass is 9.99. The Bertz CT molecular complexity index is 172. The van der Waals surface area contributed by atoms with Crippen LogP contribution in [0.25, 0.3) is 0 Å². The second-order valence-corrected chi connectivity index (χ2v) is 3.50. The van der Waals surface area contributed by atoms with Gasteiger partial charge in [-0.15, -0.1) is 0 Å². The average molecular weight is 185 g/mol. The van der Waals surface area contributed by atoms with E-state index in [-0.39, 0.29) is 5.96 Å². The van der Waals surface area contributed by atoms with E-state index in [9.17, 15) is 0 Å². The molecule has 0 aromatic heterocycles. The third-order valence-electron chi connectivity index (χ3n) is 2.42. The molecule has 0 saturated carbocycles. The minimum absolute atomic E-state index is 0.196. The van der Waals surface area contributed by atoms with Gasteiger partial charge < -0.3 is 15.4 Å². The highest BCUT2D eigenvalue weighted by atomic mass is 16.5. The fourth-order valence-electron chi connectivity index (χ4n) is 1.70. The Balaban J connectivity index is 2.29. The van der Waals surface area contributed by atoms with Gasteiger partial charge in [0.05, 0.1) is 6.61 Å². The van der Waals surface area contributed by atoms with Crippen molar-refractivity contribution in [3.8, 4) is 0 Å². The molecule has 76 valence electrons. The van der Waals surface area contributed by atoms with E-state index in [2.05, 4.69) is 0 Å². The van der Waals surface area contributed by atoms with Gasteiger partial charge in [-0.2, -0.15) is 0 Å². The molecule has 1 saturated heterocycles. The van der Waals surface area contributed by atoms with E-state index in [0.29, 0.717) is 5.92 Å². The number of nitrogens with two attached hydrogens (primary N) is 1.